The minimum Gasteiger partial charge on any atom is -0.389 e. The van der Waals surface area contributed by atoms with Crippen LogP contribution in [0.3, 0.4) is 0 Å². The molecule has 6 heteroatoms. The molecule has 0 aromatic carbocycles. The summed E-state index contributed by atoms with van der Waals surface area (Å²) in [5, 5.41) is 17.0. The van der Waals surface area contributed by atoms with E-state index in [0.717, 1.165) is 25.7 Å². The summed E-state index contributed by atoms with van der Waals surface area (Å²) in [7, 11) is 0. The second-order valence-electron chi connectivity index (χ2n) is 5.19. The van der Waals surface area contributed by atoms with Crippen LogP contribution < -0.4 is 5.32 Å². The van der Waals surface area contributed by atoms with Gasteiger partial charge in [-0.3, -0.25) is 9.48 Å². The quantitative estimate of drug-likeness (QED) is 0.798. The fraction of sp³-hybridized carbons (Fsp3) is 0.750. The number of aliphatic hydroxyl groups is 1. The van der Waals surface area contributed by atoms with Crippen molar-refractivity contribution in [2.24, 2.45) is 0 Å². The van der Waals surface area contributed by atoms with E-state index in [2.05, 4.69) is 15.4 Å². The summed E-state index contributed by atoms with van der Waals surface area (Å²) in [5.41, 5.74) is -0.781. The van der Waals surface area contributed by atoms with Gasteiger partial charge in [-0.1, -0.05) is 12.8 Å². The van der Waals surface area contributed by atoms with Crippen molar-refractivity contribution in [2.75, 3.05) is 0 Å². The molecule has 0 spiro atoms. The van der Waals surface area contributed by atoms with Crippen LogP contribution in [0.5, 0.6) is 0 Å². The van der Waals surface area contributed by atoms with E-state index in [4.69, 9.17) is 0 Å². The minimum atomic E-state index is -0.781. The molecule has 0 radical (unpaired) electrons. The second kappa shape index (κ2) is 5.48. The van der Waals surface area contributed by atoms with Crippen molar-refractivity contribution in [1.82, 2.24) is 20.1 Å². The van der Waals surface area contributed by atoms with Gasteiger partial charge in [-0.2, -0.15) is 5.10 Å². The maximum atomic E-state index is 11.8. The molecule has 1 aromatic rings. The second-order valence-corrected chi connectivity index (χ2v) is 5.19. The Morgan fingerprint density at radius 3 is 2.89 bits per heavy atom. The number of nitrogens with zero attached hydrogens (tertiary/aromatic N) is 3. The Bertz CT molecular complexity index is 385. The van der Waals surface area contributed by atoms with Crippen molar-refractivity contribution in [3.8, 4) is 0 Å². The van der Waals surface area contributed by atoms with Gasteiger partial charge in [0.05, 0.1) is 18.6 Å². The Kier molecular flexibility index (Phi) is 3.96. The number of amides is 1. The van der Waals surface area contributed by atoms with Crippen LogP contribution >= 0.6 is 0 Å². The summed E-state index contributed by atoms with van der Waals surface area (Å²) >= 11 is 0. The fourth-order valence-electron chi connectivity index (χ4n) is 2.49. The highest BCUT2D eigenvalue weighted by Gasteiger charge is 2.33. The number of carbonyl (C=O) groups is 1. The lowest BCUT2D eigenvalue weighted by atomic mass is 9.97. The largest absolute Gasteiger partial charge is 0.389 e. The summed E-state index contributed by atoms with van der Waals surface area (Å²) < 4.78 is 1.68. The van der Waals surface area contributed by atoms with E-state index < -0.39 is 5.60 Å². The first-order chi connectivity index (χ1) is 8.57. The van der Waals surface area contributed by atoms with Crippen LogP contribution in [0.1, 0.15) is 39.0 Å². The normalized spacial score (nSPS) is 19.7. The molecule has 0 bridgehead atoms. The average molecular weight is 252 g/mol. The van der Waals surface area contributed by atoms with E-state index in [1.165, 1.54) is 6.33 Å². The molecule has 2 rings (SSSR count). The predicted octanol–water partition coefficient (Wildman–Crippen LogP) is 0.478. The van der Waals surface area contributed by atoms with Crippen molar-refractivity contribution in [2.45, 2.75) is 57.2 Å². The van der Waals surface area contributed by atoms with Crippen LogP contribution in [0.15, 0.2) is 12.7 Å². The Morgan fingerprint density at radius 2 is 2.28 bits per heavy atom. The molecule has 1 fully saturated rings. The summed E-state index contributed by atoms with van der Waals surface area (Å²) in [5.74, 6) is -0.0907. The molecule has 1 atom stereocenters. The molecule has 100 valence electrons. The number of rotatable bonds is 5. The third-order valence-corrected chi connectivity index (χ3v) is 3.36. The van der Waals surface area contributed by atoms with Crippen molar-refractivity contribution in [1.29, 1.82) is 0 Å². The highest BCUT2D eigenvalue weighted by molar-refractivity contribution is 5.77. The molecule has 1 heterocycles. The Hall–Kier alpha value is -1.43. The molecule has 2 N–H and O–H groups in total. The van der Waals surface area contributed by atoms with E-state index in [1.807, 2.05) is 6.92 Å². The lowest BCUT2D eigenvalue weighted by Crippen LogP contribution is -2.40. The van der Waals surface area contributed by atoms with Crippen LogP contribution in [0.25, 0.3) is 0 Å². The molecular weight excluding hydrogens is 232 g/mol. The molecule has 1 amide bonds. The molecule has 6 nitrogen and oxygen atoms in total. The number of aromatic nitrogens is 3. The van der Waals surface area contributed by atoms with Crippen LogP contribution in [0.2, 0.25) is 0 Å². The average Bonchev–Trinajstić information content (AvgIpc) is 2.89. The van der Waals surface area contributed by atoms with Gasteiger partial charge in [-0.05, 0) is 19.8 Å². The molecule has 1 aliphatic rings. The third-order valence-electron chi connectivity index (χ3n) is 3.36. The van der Waals surface area contributed by atoms with Crippen LogP contribution in [0, 0.1) is 0 Å². The monoisotopic (exact) mass is 252 g/mol. The molecule has 1 saturated carbocycles. The van der Waals surface area contributed by atoms with Crippen LogP contribution in [-0.4, -0.2) is 37.4 Å². The van der Waals surface area contributed by atoms with Crippen molar-refractivity contribution >= 4 is 5.91 Å². The number of hydrogen-bond acceptors (Lipinski definition) is 4. The molecule has 0 saturated heterocycles. The summed E-state index contributed by atoms with van der Waals surface area (Å²) in [6.45, 7) is 2.50. The van der Waals surface area contributed by atoms with Crippen LogP contribution in [-0.2, 0) is 11.3 Å². The maximum absolute atomic E-state index is 11.8. The molecule has 0 aliphatic heterocycles. The molecule has 1 aromatic heterocycles. The van der Waals surface area contributed by atoms with Gasteiger partial charge in [0, 0.05) is 6.04 Å². The Labute approximate surface area is 106 Å². The zero-order chi connectivity index (χ0) is 13.0. The smallest absolute Gasteiger partial charge is 0.223 e. The highest BCUT2D eigenvalue weighted by Crippen LogP contribution is 2.32. The van der Waals surface area contributed by atoms with E-state index in [0.29, 0.717) is 6.54 Å². The number of hydrogen-bond donors (Lipinski definition) is 2. The SMILES string of the molecule is CC(Cn1cncn1)NC(=O)CC1(O)CCCC1. The molecule has 1 aliphatic carbocycles. The Balaban J connectivity index is 1.76. The fourth-order valence-corrected chi connectivity index (χ4v) is 2.49. The van der Waals surface area contributed by atoms with Gasteiger partial charge in [0.15, 0.2) is 0 Å². The minimum absolute atomic E-state index is 0.0239. The van der Waals surface area contributed by atoms with Gasteiger partial charge in [0.1, 0.15) is 12.7 Å². The van der Waals surface area contributed by atoms with E-state index in [1.54, 1.807) is 11.0 Å². The van der Waals surface area contributed by atoms with E-state index >= 15 is 0 Å². The third kappa shape index (κ3) is 3.53. The topological polar surface area (TPSA) is 80.0 Å². The number of nitrogens with one attached hydrogen (secondary N) is 1. The molecular formula is C12H20N4O2. The Morgan fingerprint density at radius 1 is 1.56 bits per heavy atom. The standard InChI is InChI=1S/C12H20N4O2/c1-10(7-16-9-13-8-14-16)15-11(17)6-12(18)4-2-3-5-12/h8-10,18H,2-7H2,1H3,(H,15,17). The number of carbonyl (C=O) groups excluding carboxylic acids is 1. The van der Waals surface area contributed by atoms with Gasteiger partial charge in [-0.25, -0.2) is 4.98 Å². The maximum Gasteiger partial charge on any atom is 0.223 e. The lowest BCUT2D eigenvalue weighted by Gasteiger charge is -2.22. The van der Waals surface area contributed by atoms with Gasteiger partial charge in [-0.15, -0.1) is 0 Å². The molecule has 18 heavy (non-hydrogen) atoms. The zero-order valence-electron chi connectivity index (χ0n) is 10.7. The van der Waals surface area contributed by atoms with Crippen molar-refractivity contribution < 1.29 is 9.90 Å². The van der Waals surface area contributed by atoms with Crippen molar-refractivity contribution in [3.63, 3.8) is 0 Å². The van der Waals surface area contributed by atoms with E-state index in [9.17, 15) is 9.90 Å². The predicted molar refractivity (Wildman–Crippen MR) is 65.7 cm³/mol. The summed E-state index contributed by atoms with van der Waals surface area (Å²) in [4.78, 5) is 15.7. The molecule has 1 unspecified atom stereocenters. The van der Waals surface area contributed by atoms with Gasteiger partial charge in [0.25, 0.3) is 0 Å². The first-order valence-electron chi connectivity index (χ1n) is 6.42. The lowest BCUT2D eigenvalue weighted by molar-refractivity contribution is -0.126. The van der Waals surface area contributed by atoms with E-state index in [-0.39, 0.29) is 18.4 Å². The summed E-state index contributed by atoms with van der Waals surface area (Å²) in [6.07, 6.45) is 6.78. The van der Waals surface area contributed by atoms with Gasteiger partial charge < -0.3 is 10.4 Å². The first-order valence-corrected chi connectivity index (χ1v) is 6.42. The highest BCUT2D eigenvalue weighted by atomic mass is 16.3. The summed E-state index contributed by atoms with van der Waals surface area (Å²) in [6, 6.07) is -0.0239. The van der Waals surface area contributed by atoms with Crippen molar-refractivity contribution in [3.05, 3.63) is 12.7 Å². The first kappa shape index (κ1) is 13.0. The van der Waals surface area contributed by atoms with Gasteiger partial charge >= 0.3 is 0 Å². The van der Waals surface area contributed by atoms with Crippen LogP contribution in [0.4, 0.5) is 0 Å². The van der Waals surface area contributed by atoms with Gasteiger partial charge in [0.2, 0.25) is 5.91 Å². The zero-order valence-corrected chi connectivity index (χ0v) is 10.7.